The summed E-state index contributed by atoms with van der Waals surface area (Å²) >= 11 is 0. The molecule has 156 valence electrons. The Hall–Kier alpha value is -3.29. The number of carbonyl (C=O) groups excluding carboxylic acids is 1. The molecule has 0 radical (unpaired) electrons. The second-order valence-corrected chi connectivity index (χ2v) is 8.11. The van der Waals surface area contributed by atoms with E-state index in [-0.39, 0.29) is 17.9 Å². The van der Waals surface area contributed by atoms with Gasteiger partial charge in [-0.3, -0.25) is 14.5 Å². The molecular weight excluding hydrogens is 378 g/mol. The lowest BCUT2D eigenvalue weighted by atomic mass is 9.99. The van der Waals surface area contributed by atoms with Gasteiger partial charge < -0.3 is 10.2 Å². The molecule has 3 aromatic rings. The molecule has 1 aliphatic heterocycles. The summed E-state index contributed by atoms with van der Waals surface area (Å²) in [6.07, 6.45) is 9.06. The van der Waals surface area contributed by atoms with Gasteiger partial charge in [-0.05, 0) is 42.5 Å². The highest BCUT2D eigenvalue weighted by Gasteiger charge is 2.35. The Morgan fingerprint density at radius 1 is 1.13 bits per heavy atom. The molecule has 0 aromatic carbocycles. The molecule has 30 heavy (non-hydrogen) atoms. The lowest BCUT2D eigenvalue weighted by Crippen LogP contribution is -2.49. The minimum atomic E-state index is -0.230. The van der Waals surface area contributed by atoms with E-state index < -0.39 is 0 Å². The maximum absolute atomic E-state index is 12.5. The minimum Gasteiger partial charge on any atom is -0.346 e. The summed E-state index contributed by atoms with van der Waals surface area (Å²) in [7, 11) is 1.93. The van der Waals surface area contributed by atoms with E-state index in [9.17, 15) is 4.79 Å². The van der Waals surface area contributed by atoms with Crippen LogP contribution in [0.1, 0.15) is 36.5 Å². The van der Waals surface area contributed by atoms with Crippen molar-refractivity contribution in [2.24, 2.45) is 5.92 Å². The van der Waals surface area contributed by atoms with E-state index in [0.29, 0.717) is 12.1 Å². The Labute approximate surface area is 176 Å². The number of hydrogen-bond donors (Lipinski definition) is 1. The summed E-state index contributed by atoms with van der Waals surface area (Å²) < 4.78 is 1.93. The molecular formula is C22H27N7O. The largest absolute Gasteiger partial charge is 0.346 e. The first-order valence-electron chi connectivity index (χ1n) is 10.2. The summed E-state index contributed by atoms with van der Waals surface area (Å²) in [6.45, 7) is 6.73. The van der Waals surface area contributed by atoms with Crippen LogP contribution < -0.4 is 10.2 Å². The van der Waals surface area contributed by atoms with Gasteiger partial charge in [0, 0.05) is 32.1 Å². The number of anilines is 2. The highest BCUT2D eigenvalue weighted by Crippen LogP contribution is 2.33. The molecule has 0 fully saturated rings. The van der Waals surface area contributed by atoms with Gasteiger partial charge in [0.15, 0.2) is 5.82 Å². The first-order valence-corrected chi connectivity index (χ1v) is 10.2. The van der Waals surface area contributed by atoms with Gasteiger partial charge in [-0.1, -0.05) is 13.8 Å². The second kappa shape index (κ2) is 8.22. The Balaban J connectivity index is 1.47. The van der Waals surface area contributed by atoms with Crippen LogP contribution in [0, 0.1) is 12.8 Å². The van der Waals surface area contributed by atoms with E-state index in [1.165, 1.54) is 0 Å². The molecule has 0 bridgehead atoms. The van der Waals surface area contributed by atoms with Gasteiger partial charge in [0.05, 0.1) is 18.4 Å². The van der Waals surface area contributed by atoms with Crippen molar-refractivity contribution in [3.63, 3.8) is 0 Å². The third kappa shape index (κ3) is 4.03. The van der Waals surface area contributed by atoms with Crippen LogP contribution in [0.5, 0.6) is 0 Å². The number of aromatic nitrogens is 5. The topological polar surface area (TPSA) is 88.8 Å². The Kier molecular flexibility index (Phi) is 5.48. The van der Waals surface area contributed by atoms with E-state index in [1.54, 1.807) is 12.4 Å². The zero-order chi connectivity index (χ0) is 21.3. The van der Waals surface area contributed by atoms with Gasteiger partial charge in [0.25, 0.3) is 0 Å². The number of aryl methyl sites for hydroxylation is 3. The van der Waals surface area contributed by atoms with Crippen molar-refractivity contribution in [3.8, 4) is 0 Å². The maximum atomic E-state index is 12.5. The van der Waals surface area contributed by atoms with Gasteiger partial charge in [-0.15, -0.1) is 0 Å². The normalized spacial score (nSPS) is 16.0. The molecule has 1 amide bonds. The molecule has 8 nitrogen and oxygen atoms in total. The number of rotatable bonds is 6. The number of fused-ring (bicyclic) bond motifs is 1. The van der Waals surface area contributed by atoms with Crippen molar-refractivity contribution < 1.29 is 4.79 Å². The summed E-state index contributed by atoms with van der Waals surface area (Å²) in [5.74, 6) is 1.76. The summed E-state index contributed by atoms with van der Waals surface area (Å²) in [5.41, 5.74) is 3.82. The molecule has 1 N–H and O–H groups in total. The maximum Gasteiger partial charge on any atom is 0.247 e. The highest BCUT2D eigenvalue weighted by atomic mass is 16.2. The quantitative estimate of drug-likeness (QED) is 0.678. The molecule has 3 aromatic heterocycles. The van der Waals surface area contributed by atoms with Gasteiger partial charge in [0.2, 0.25) is 5.91 Å². The molecule has 0 aliphatic carbocycles. The second-order valence-electron chi connectivity index (χ2n) is 8.11. The number of carbonyl (C=O) groups is 1. The summed E-state index contributed by atoms with van der Waals surface area (Å²) in [6, 6.07) is 3.75. The lowest BCUT2D eigenvalue weighted by molar-refractivity contribution is -0.118. The zero-order valence-corrected chi connectivity index (χ0v) is 17.8. The number of nitrogens with zero attached hydrogens (tertiary/aromatic N) is 6. The van der Waals surface area contributed by atoms with Crippen LogP contribution in [0.15, 0.2) is 36.9 Å². The van der Waals surface area contributed by atoms with Crippen LogP contribution in [0.25, 0.3) is 0 Å². The Morgan fingerprint density at radius 3 is 2.63 bits per heavy atom. The molecule has 1 atom stereocenters. The minimum absolute atomic E-state index is 0.000983. The molecule has 0 unspecified atom stereocenters. The van der Waals surface area contributed by atoms with Crippen LogP contribution >= 0.6 is 0 Å². The summed E-state index contributed by atoms with van der Waals surface area (Å²) in [5, 5.41) is 7.46. The van der Waals surface area contributed by atoms with E-state index >= 15 is 0 Å². The number of amides is 1. The van der Waals surface area contributed by atoms with E-state index in [2.05, 4.69) is 26.6 Å². The Morgan fingerprint density at radius 2 is 1.90 bits per heavy atom. The van der Waals surface area contributed by atoms with Crippen LogP contribution in [0.2, 0.25) is 0 Å². The van der Waals surface area contributed by atoms with Crippen molar-refractivity contribution in [3.05, 3.63) is 59.6 Å². The standard InChI is InChI=1S/C22H27N7O/c1-14(2)20-22(30)27-19-15(3)25-18(26-21(19)28(20)4)6-5-17-11-24-29(13-17)12-16-7-9-23-10-8-16/h7-11,13-14,20H,5-6,12H2,1-4H3,(H,27,30)/t20-/m0/s1. The number of pyridine rings is 1. The molecule has 4 heterocycles. The van der Waals surface area contributed by atoms with Crippen molar-refractivity contribution in [1.82, 2.24) is 24.7 Å². The van der Waals surface area contributed by atoms with E-state index in [1.807, 2.05) is 55.7 Å². The average Bonchev–Trinajstić information content (AvgIpc) is 3.15. The van der Waals surface area contributed by atoms with E-state index in [0.717, 1.165) is 41.4 Å². The average molecular weight is 406 g/mol. The molecule has 0 saturated carbocycles. The molecule has 4 rings (SSSR count). The zero-order valence-electron chi connectivity index (χ0n) is 17.8. The summed E-state index contributed by atoms with van der Waals surface area (Å²) in [4.78, 5) is 27.9. The first kappa shape index (κ1) is 20.0. The smallest absolute Gasteiger partial charge is 0.247 e. The predicted octanol–water partition coefficient (Wildman–Crippen LogP) is 2.62. The predicted molar refractivity (Wildman–Crippen MR) is 115 cm³/mol. The van der Waals surface area contributed by atoms with Gasteiger partial charge in [0.1, 0.15) is 17.6 Å². The van der Waals surface area contributed by atoms with E-state index in [4.69, 9.17) is 4.98 Å². The van der Waals surface area contributed by atoms with Crippen LogP contribution in [0.3, 0.4) is 0 Å². The fraction of sp³-hybridized carbons (Fsp3) is 0.409. The molecule has 1 aliphatic rings. The Bertz CT molecular complexity index is 1040. The van der Waals surface area contributed by atoms with Crippen LogP contribution in [-0.4, -0.2) is 43.7 Å². The third-order valence-electron chi connectivity index (χ3n) is 5.43. The number of nitrogens with one attached hydrogen (secondary N) is 1. The van der Waals surface area contributed by atoms with Crippen molar-refractivity contribution in [1.29, 1.82) is 0 Å². The molecule has 8 heteroatoms. The van der Waals surface area contributed by atoms with Gasteiger partial charge in [-0.2, -0.15) is 5.10 Å². The van der Waals surface area contributed by atoms with Crippen molar-refractivity contribution in [2.45, 2.75) is 46.2 Å². The highest BCUT2D eigenvalue weighted by molar-refractivity contribution is 6.03. The SMILES string of the molecule is Cc1nc(CCc2cnn(Cc3ccncc3)c2)nc2c1NC(=O)[C@H](C(C)C)N2C. The first-order chi connectivity index (χ1) is 14.4. The van der Waals surface area contributed by atoms with Gasteiger partial charge >= 0.3 is 0 Å². The monoisotopic (exact) mass is 405 g/mol. The fourth-order valence-electron chi connectivity index (χ4n) is 3.94. The number of hydrogen-bond acceptors (Lipinski definition) is 6. The van der Waals surface area contributed by atoms with Crippen LogP contribution in [-0.2, 0) is 24.2 Å². The third-order valence-corrected chi connectivity index (χ3v) is 5.43. The van der Waals surface area contributed by atoms with Crippen LogP contribution in [0.4, 0.5) is 11.5 Å². The van der Waals surface area contributed by atoms with Gasteiger partial charge in [-0.25, -0.2) is 9.97 Å². The molecule has 0 spiro atoms. The van der Waals surface area contributed by atoms with Crippen molar-refractivity contribution >= 4 is 17.4 Å². The fourth-order valence-corrected chi connectivity index (χ4v) is 3.94. The molecule has 0 saturated heterocycles. The number of likely N-dealkylation sites (N-methyl/N-ethyl adjacent to an activating group) is 1. The lowest BCUT2D eigenvalue weighted by Gasteiger charge is -2.36. The van der Waals surface area contributed by atoms with Crippen molar-refractivity contribution in [2.75, 3.05) is 17.3 Å².